The maximum atomic E-state index is 12.1. The Morgan fingerprint density at radius 3 is 2.32 bits per heavy atom. The standard InChI is InChI=1S/C16H24O2S/c1-6-18-15(17)16(4,19-5)14-9-7-13(8-10-14)11-12(2)3/h7-10,12H,6,11H2,1-5H3. The Hall–Kier alpha value is -0.960. The first-order chi connectivity index (χ1) is 8.93. The van der Waals surface area contributed by atoms with Gasteiger partial charge < -0.3 is 4.74 Å². The number of thioether (sulfide) groups is 1. The Bertz CT molecular complexity index is 411. The van der Waals surface area contributed by atoms with Gasteiger partial charge in [0.15, 0.2) is 0 Å². The quantitative estimate of drug-likeness (QED) is 0.736. The van der Waals surface area contributed by atoms with Crippen LogP contribution >= 0.6 is 11.8 Å². The van der Waals surface area contributed by atoms with Gasteiger partial charge in [-0.05, 0) is 43.6 Å². The van der Waals surface area contributed by atoms with Gasteiger partial charge in [0.1, 0.15) is 4.75 Å². The number of benzene rings is 1. The molecular formula is C16H24O2S. The summed E-state index contributed by atoms with van der Waals surface area (Å²) in [6.45, 7) is 8.59. The van der Waals surface area contributed by atoms with Crippen molar-refractivity contribution in [2.24, 2.45) is 5.92 Å². The van der Waals surface area contributed by atoms with Crippen molar-refractivity contribution in [2.75, 3.05) is 12.9 Å². The van der Waals surface area contributed by atoms with Gasteiger partial charge in [-0.3, -0.25) is 4.79 Å². The van der Waals surface area contributed by atoms with Crippen molar-refractivity contribution in [1.29, 1.82) is 0 Å². The fourth-order valence-corrected chi connectivity index (χ4v) is 2.62. The smallest absolute Gasteiger partial charge is 0.326 e. The van der Waals surface area contributed by atoms with Crippen molar-refractivity contribution < 1.29 is 9.53 Å². The van der Waals surface area contributed by atoms with Crippen LogP contribution in [0.5, 0.6) is 0 Å². The van der Waals surface area contributed by atoms with Crippen LogP contribution in [0.15, 0.2) is 24.3 Å². The van der Waals surface area contributed by atoms with Crippen LogP contribution in [-0.4, -0.2) is 18.8 Å². The van der Waals surface area contributed by atoms with E-state index in [0.717, 1.165) is 12.0 Å². The zero-order valence-electron chi connectivity index (χ0n) is 12.5. The first-order valence-corrected chi connectivity index (χ1v) is 7.98. The minimum atomic E-state index is -0.619. The van der Waals surface area contributed by atoms with Gasteiger partial charge in [-0.25, -0.2) is 0 Å². The Kier molecular flexibility index (Phi) is 5.92. The summed E-state index contributed by atoms with van der Waals surface area (Å²) in [5.41, 5.74) is 2.32. The third kappa shape index (κ3) is 4.00. The number of ether oxygens (including phenoxy) is 1. The predicted molar refractivity (Wildman–Crippen MR) is 82.5 cm³/mol. The lowest BCUT2D eigenvalue weighted by molar-refractivity contribution is -0.145. The molecule has 0 aliphatic rings. The van der Waals surface area contributed by atoms with E-state index in [4.69, 9.17) is 4.74 Å². The Balaban J connectivity index is 2.96. The van der Waals surface area contributed by atoms with Gasteiger partial charge >= 0.3 is 5.97 Å². The van der Waals surface area contributed by atoms with Crippen LogP contribution in [-0.2, 0) is 20.7 Å². The molecule has 1 unspecified atom stereocenters. The number of rotatable bonds is 6. The fourth-order valence-electron chi connectivity index (χ4n) is 2.02. The topological polar surface area (TPSA) is 26.3 Å². The van der Waals surface area contributed by atoms with E-state index in [1.54, 1.807) is 0 Å². The predicted octanol–water partition coefficient (Wildman–Crippen LogP) is 4.03. The summed E-state index contributed by atoms with van der Waals surface area (Å²) in [6, 6.07) is 8.32. The summed E-state index contributed by atoms with van der Waals surface area (Å²) >= 11 is 1.52. The van der Waals surface area contributed by atoms with E-state index in [1.807, 2.05) is 32.2 Å². The second-order valence-electron chi connectivity index (χ2n) is 5.25. The zero-order chi connectivity index (χ0) is 14.5. The van der Waals surface area contributed by atoms with Gasteiger partial charge in [-0.15, -0.1) is 11.8 Å². The normalized spacial score (nSPS) is 14.2. The molecule has 1 aromatic rings. The first-order valence-electron chi connectivity index (χ1n) is 6.75. The molecule has 0 spiro atoms. The van der Waals surface area contributed by atoms with Crippen LogP contribution in [0.25, 0.3) is 0 Å². The first kappa shape index (κ1) is 16.1. The molecule has 0 radical (unpaired) electrons. The fraction of sp³-hybridized carbons (Fsp3) is 0.562. The molecule has 0 saturated carbocycles. The molecule has 1 aromatic carbocycles. The number of esters is 1. The summed E-state index contributed by atoms with van der Waals surface area (Å²) in [5, 5.41) is 0. The molecule has 0 amide bonds. The largest absolute Gasteiger partial charge is 0.465 e. The van der Waals surface area contributed by atoms with Crippen molar-refractivity contribution in [2.45, 2.75) is 38.9 Å². The van der Waals surface area contributed by atoms with E-state index < -0.39 is 4.75 Å². The molecule has 0 bridgehead atoms. The van der Waals surface area contributed by atoms with Crippen molar-refractivity contribution >= 4 is 17.7 Å². The lowest BCUT2D eigenvalue weighted by Crippen LogP contribution is -2.30. The summed E-state index contributed by atoms with van der Waals surface area (Å²) in [7, 11) is 0. The molecule has 1 rings (SSSR count). The van der Waals surface area contributed by atoms with Gasteiger partial charge in [0.05, 0.1) is 6.61 Å². The highest BCUT2D eigenvalue weighted by Gasteiger charge is 2.35. The number of hydrogen-bond donors (Lipinski definition) is 0. The molecule has 3 heteroatoms. The van der Waals surface area contributed by atoms with Crippen molar-refractivity contribution in [3.05, 3.63) is 35.4 Å². The molecule has 0 aliphatic carbocycles. The van der Waals surface area contributed by atoms with Crippen molar-refractivity contribution in [3.8, 4) is 0 Å². The third-order valence-electron chi connectivity index (χ3n) is 3.22. The Morgan fingerprint density at radius 1 is 1.32 bits per heavy atom. The maximum Gasteiger partial charge on any atom is 0.326 e. The average Bonchev–Trinajstić information content (AvgIpc) is 2.38. The van der Waals surface area contributed by atoms with E-state index >= 15 is 0 Å². The van der Waals surface area contributed by atoms with Gasteiger partial charge in [0, 0.05) is 0 Å². The highest BCUT2D eigenvalue weighted by atomic mass is 32.2. The van der Waals surface area contributed by atoms with Gasteiger partial charge in [-0.1, -0.05) is 38.1 Å². The SMILES string of the molecule is CCOC(=O)C(C)(SC)c1ccc(CC(C)C)cc1. The van der Waals surface area contributed by atoms with E-state index in [1.165, 1.54) is 17.3 Å². The Morgan fingerprint density at radius 2 is 1.89 bits per heavy atom. The summed E-state index contributed by atoms with van der Waals surface area (Å²) < 4.78 is 4.57. The highest BCUT2D eigenvalue weighted by molar-refractivity contribution is 8.00. The van der Waals surface area contributed by atoms with Crippen LogP contribution in [0.4, 0.5) is 0 Å². The van der Waals surface area contributed by atoms with Crippen LogP contribution in [0.3, 0.4) is 0 Å². The third-order valence-corrected chi connectivity index (χ3v) is 4.44. The molecule has 0 aromatic heterocycles. The van der Waals surface area contributed by atoms with Crippen LogP contribution in [0.1, 0.15) is 38.8 Å². The molecule has 19 heavy (non-hydrogen) atoms. The minimum absolute atomic E-state index is 0.167. The van der Waals surface area contributed by atoms with E-state index in [0.29, 0.717) is 12.5 Å². The maximum absolute atomic E-state index is 12.1. The second kappa shape index (κ2) is 6.99. The minimum Gasteiger partial charge on any atom is -0.465 e. The number of carbonyl (C=O) groups is 1. The van der Waals surface area contributed by atoms with Crippen LogP contribution < -0.4 is 0 Å². The highest BCUT2D eigenvalue weighted by Crippen LogP contribution is 2.35. The second-order valence-corrected chi connectivity index (χ2v) is 6.48. The van der Waals surface area contributed by atoms with E-state index in [-0.39, 0.29) is 5.97 Å². The molecule has 0 saturated heterocycles. The summed E-state index contributed by atoms with van der Waals surface area (Å²) in [6.07, 6.45) is 3.01. The monoisotopic (exact) mass is 280 g/mol. The molecular weight excluding hydrogens is 256 g/mol. The van der Waals surface area contributed by atoms with Crippen molar-refractivity contribution in [3.63, 3.8) is 0 Å². The summed E-state index contributed by atoms with van der Waals surface area (Å²) in [4.78, 5) is 12.1. The lowest BCUT2D eigenvalue weighted by atomic mass is 9.96. The molecule has 2 nitrogen and oxygen atoms in total. The molecule has 0 aliphatic heterocycles. The lowest BCUT2D eigenvalue weighted by Gasteiger charge is -2.25. The molecule has 106 valence electrons. The molecule has 0 fully saturated rings. The van der Waals surface area contributed by atoms with Gasteiger partial charge in [-0.2, -0.15) is 0 Å². The zero-order valence-corrected chi connectivity index (χ0v) is 13.3. The summed E-state index contributed by atoms with van der Waals surface area (Å²) in [5.74, 6) is 0.474. The van der Waals surface area contributed by atoms with Crippen LogP contribution in [0, 0.1) is 5.92 Å². The van der Waals surface area contributed by atoms with Gasteiger partial charge in [0.2, 0.25) is 0 Å². The van der Waals surface area contributed by atoms with E-state index in [9.17, 15) is 4.79 Å². The van der Waals surface area contributed by atoms with Gasteiger partial charge in [0.25, 0.3) is 0 Å². The number of carbonyl (C=O) groups excluding carboxylic acids is 1. The average molecular weight is 280 g/mol. The Labute approximate surface area is 120 Å². The van der Waals surface area contributed by atoms with Crippen molar-refractivity contribution in [1.82, 2.24) is 0 Å². The molecule has 0 heterocycles. The van der Waals surface area contributed by atoms with Crippen LogP contribution in [0.2, 0.25) is 0 Å². The number of hydrogen-bond acceptors (Lipinski definition) is 3. The molecule has 1 atom stereocenters. The molecule has 0 N–H and O–H groups in total. The van der Waals surface area contributed by atoms with E-state index in [2.05, 4.69) is 26.0 Å².